The van der Waals surface area contributed by atoms with E-state index in [-0.39, 0.29) is 37.5 Å². The molecule has 0 heterocycles. The minimum Gasteiger partial charge on any atom is -0.462 e. The van der Waals surface area contributed by atoms with E-state index in [2.05, 4.69) is 63.3 Å². The van der Waals surface area contributed by atoms with Gasteiger partial charge >= 0.3 is 17.9 Å². The summed E-state index contributed by atoms with van der Waals surface area (Å²) in [5, 5.41) is 0. The molecule has 0 aromatic carbocycles. The first-order valence-corrected chi connectivity index (χ1v) is 26.1. The number of esters is 3. The van der Waals surface area contributed by atoms with Crippen molar-refractivity contribution >= 4 is 17.9 Å². The van der Waals surface area contributed by atoms with Crippen LogP contribution in [0.2, 0.25) is 0 Å². The van der Waals surface area contributed by atoms with Crippen molar-refractivity contribution in [3.05, 3.63) is 48.6 Å². The minimum atomic E-state index is -0.796. The highest BCUT2D eigenvalue weighted by atomic mass is 16.6. The van der Waals surface area contributed by atoms with Crippen LogP contribution in [0.15, 0.2) is 48.6 Å². The summed E-state index contributed by atoms with van der Waals surface area (Å²) in [7, 11) is 0. The van der Waals surface area contributed by atoms with Crippen molar-refractivity contribution in [2.45, 2.75) is 271 Å². The van der Waals surface area contributed by atoms with Gasteiger partial charge in [-0.05, 0) is 44.9 Å². The number of carbonyl (C=O) groups excluding carboxylic acids is 3. The Morgan fingerprint density at radius 1 is 0.344 bits per heavy atom. The van der Waals surface area contributed by atoms with Gasteiger partial charge in [-0.3, -0.25) is 14.4 Å². The first kappa shape index (κ1) is 58.4. The van der Waals surface area contributed by atoms with Crippen LogP contribution < -0.4 is 0 Å². The molecule has 0 radical (unpaired) electrons. The Morgan fingerprint density at radius 3 is 1.00 bits per heavy atom. The Bertz CT molecular complexity index is 1070. The van der Waals surface area contributed by atoms with Gasteiger partial charge in [-0.25, -0.2) is 0 Å². The molecule has 354 valence electrons. The lowest BCUT2D eigenvalue weighted by Crippen LogP contribution is -2.30. The average molecular weight is 855 g/mol. The number of carbonyl (C=O) groups is 3. The average Bonchev–Trinajstić information content (AvgIpc) is 3.26. The maximum absolute atomic E-state index is 12.8. The Hall–Kier alpha value is -2.63. The molecule has 0 aliphatic heterocycles. The fraction of sp³-hybridized carbons (Fsp3) is 0.800. The maximum atomic E-state index is 12.8. The highest BCUT2D eigenvalue weighted by Crippen LogP contribution is 2.16. The second kappa shape index (κ2) is 50.0. The predicted molar refractivity (Wildman–Crippen MR) is 261 cm³/mol. The van der Waals surface area contributed by atoms with E-state index in [0.29, 0.717) is 19.3 Å². The normalized spacial score (nSPS) is 12.4. The molecule has 0 aromatic rings. The monoisotopic (exact) mass is 855 g/mol. The number of rotatable bonds is 47. The largest absolute Gasteiger partial charge is 0.462 e. The molecule has 0 aromatic heterocycles. The molecule has 0 bridgehead atoms. The van der Waals surface area contributed by atoms with Gasteiger partial charge in [-0.1, -0.05) is 249 Å². The molecule has 0 fully saturated rings. The smallest absolute Gasteiger partial charge is 0.306 e. The lowest BCUT2D eigenvalue weighted by atomic mass is 10.0. The molecule has 1 atom stereocenters. The van der Waals surface area contributed by atoms with Gasteiger partial charge in [0.25, 0.3) is 0 Å². The highest BCUT2D eigenvalue weighted by Gasteiger charge is 2.19. The number of ether oxygens (including phenoxy) is 3. The van der Waals surface area contributed by atoms with E-state index in [0.717, 1.165) is 64.2 Å². The molecule has 0 amide bonds. The first-order chi connectivity index (χ1) is 30.0. The van der Waals surface area contributed by atoms with Crippen LogP contribution >= 0.6 is 0 Å². The van der Waals surface area contributed by atoms with Crippen molar-refractivity contribution in [3.63, 3.8) is 0 Å². The fourth-order valence-electron chi connectivity index (χ4n) is 7.46. The third-order valence-electron chi connectivity index (χ3n) is 11.4. The van der Waals surface area contributed by atoms with Gasteiger partial charge in [-0.2, -0.15) is 0 Å². The quantitative estimate of drug-likeness (QED) is 0.0263. The van der Waals surface area contributed by atoms with Crippen LogP contribution in [0.1, 0.15) is 265 Å². The van der Waals surface area contributed by atoms with E-state index >= 15 is 0 Å². The molecule has 6 heteroatoms. The van der Waals surface area contributed by atoms with Crippen molar-refractivity contribution < 1.29 is 28.6 Å². The maximum Gasteiger partial charge on any atom is 0.306 e. The number of hydrogen-bond acceptors (Lipinski definition) is 6. The predicted octanol–water partition coefficient (Wildman–Crippen LogP) is 17.1. The van der Waals surface area contributed by atoms with Crippen LogP contribution in [0.4, 0.5) is 0 Å². The van der Waals surface area contributed by atoms with E-state index in [1.54, 1.807) is 0 Å². The first-order valence-electron chi connectivity index (χ1n) is 26.1. The van der Waals surface area contributed by atoms with E-state index in [4.69, 9.17) is 14.2 Å². The fourth-order valence-corrected chi connectivity index (χ4v) is 7.46. The summed E-state index contributed by atoms with van der Waals surface area (Å²) in [5.74, 6) is -0.965. The Labute approximate surface area is 378 Å². The Balaban J connectivity index is 4.41. The highest BCUT2D eigenvalue weighted by molar-refractivity contribution is 5.71. The van der Waals surface area contributed by atoms with Gasteiger partial charge < -0.3 is 14.2 Å². The second-order valence-corrected chi connectivity index (χ2v) is 17.4. The van der Waals surface area contributed by atoms with Crippen molar-refractivity contribution in [3.8, 4) is 0 Å². The number of allylic oxidation sites excluding steroid dienone is 8. The van der Waals surface area contributed by atoms with E-state index in [9.17, 15) is 14.4 Å². The van der Waals surface area contributed by atoms with Crippen molar-refractivity contribution in [2.24, 2.45) is 0 Å². The van der Waals surface area contributed by atoms with Crippen molar-refractivity contribution in [1.82, 2.24) is 0 Å². The molecule has 0 N–H and O–H groups in total. The molecular weight excluding hydrogens is 757 g/mol. The van der Waals surface area contributed by atoms with Crippen LogP contribution in [0.3, 0.4) is 0 Å². The lowest BCUT2D eigenvalue weighted by Gasteiger charge is -2.18. The zero-order chi connectivity index (χ0) is 44.4. The van der Waals surface area contributed by atoms with Crippen LogP contribution in [-0.2, 0) is 28.6 Å². The van der Waals surface area contributed by atoms with E-state index in [1.165, 1.54) is 154 Å². The third kappa shape index (κ3) is 48.3. The molecule has 6 nitrogen and oxygen atoms in total. The standard InChI is InChI=1S/C55H98O6/c1-4-7-10-13-16-19-22-25-27-30-33-36-39-42-45-48-54(57)60-51-52(50-59-53(56)47-44-41-38-35-32-29-24-21-18-15-12-9-6-3)61-55(58)49-46-43-40-37-34-31-28-26-23-20-17-14-11-8-5-2/h9,12,18,21,29,32,38,41,52H,4-8,10-11,13-17,19-20,22-28,30-31,33-37,39-40,42-51H2,1-3H3/b12-9-,21-18-,32-29-,41-38-. The van der Waals surface area contributed by atoms with Crippen LogP contribution in [-0.4, -0.2) is 37.2 Å². The van der Waals surface area contributed by atoms with Gasteiger partial charge in [0.2, 0.25) is 0 Å². The Morgan fingerprint density at radius 2 is 0.639 bits per heavy atom. The third-order valence-corrected chi connectivity index (χ3v) is 11.4. The molecule has 0 rings (SSSR count). The summed E-state index contributed by atoms with van der Waals surface area (Å²) in [6.07, 6.45) is 59.7. The number of hydrogen-bond donors (Lipinski definition) is 0. The van der Waals surface area contributed by atoms with Crippen LogP contribution in [0.5, 0.6) is 0 Å². The van der Waals surface area contributed by atoms with E-state index in [1.807, 2.05) is 6.08 Å². The van der Waals surface area contributed by atoms with Gasteiger partial charge in [0.1, 0.15) is 13.2 Å². The summed E-state index contributed by atoms with van der Waals surface area (Å²) in [6.45, 7) is 6.48. The molecule has 61 heavy (non-hydrogen) atoms. The molecule has 0 saturated carbocycles. The van der Waals surface area contributed by atoms with Gasteiger partial charge in [0.15, 0.2) is 6.10 Å². The van der Waals surface area contributed by atoms with Crippen LogP contribution in [0.25, 0.3) is 0 Å². The van der Waals surface area contributed by atoms with Crippen molar-refractivity contribution in [1.29, 1.82) is 0 Å². The van der Waals surface area contributed by atoms with E-state index < -0.39 is 6.10 Å². The van der Waals surface area contributed by atoms with Crippen molar-refractivity contribution in [2.75, 3.05) is 13.2 Å². The summed E-state index contributed by atoms with van der Waals surface area (Å²) < 4.78 is 16.7. The SMILES string of the molecule is CC/C=C\C/C=C\C/C=C\C/C=C\CCC(=O)OCC(COC(=O)CCCCCCCCCCCCCCCCC)OC(=O)CCCCCCCCCCCCCCCCC. The molecule has 1 unspecified atom stereocenters. The second-order valence-electron chi connectivity index (χ2n) is 17.4. The molecule has 0 aliphatic carbocycles. The molecule has 0 aliphatic rings. The van der Waals surface area contributed by atoms with Crippen LogP contribution in [0, 0.1) is 0 Å². The number of unbranched alkanes of at least 4 members (excludes halogenated alkanes) is 28. The summed E-state index contributed by atoms with van der Waals surface area (Å²) in [5.41, 5.74) is 0. The van der Waals surface area contributed by atoms with Gasteiger partial charge in [0.05, 0.1) is 0 Å². The topological polar surface area (TPSA) is 78.9 Å². The van der Waals surface area contributed by atoms with Gasteiger partial charge in [-0.15, -0.1) is 0 Å². The zero-order valence-electron chi connectivity index (χ0n) is 40.4. The minimum absolute atomic E-state index is 0.0910. The summed E-state index contributed by atoms with van der Waals surface area (Å²) >= 11 is 0. The molecular formula is C55H98O6. The summed E-state index contributed by atoms with van der Waals surface area (Å²) in [4.78, 5) is 37.9. The summed E-state index contributed by atoms with van der Waals surface area (Å²) in [6, 6.07) is 0. The lowest BCUT2D eigenvalue weighted by molar-refractivity contribution is -0.166. The zero-order valence-corrected chi connectivity index (χ0v) is 40.4. The molecule has 0 saturated heterocycles. The van der Waals surface area contributed by atoms with Gasteiger partial charge in [0, 0.05) is 19.3 Å². The molecule has 0 spiro atoms. The Kier molecular flexibility index (Phi) is 47.9.